The normalized spacial score (nSPS) is 12.2. The summed E-state index contributed by atoms with van der Waals surface area (Å²) in [4.78, 5) is 0. The van der Waals surface area contributed by atoms with Gasteiger partial charge in [-0.05, 0) is 55.2 Å². The van der Waals surface area contributed by atoms with Crippen molar-refractivity contribution in [3.8, 4) is 11.5 Å². The number of hydrogen-bond donors (Lipinski definition) is 1. The van der Waals surface area contributed by atoms with Gasteiger partial charge in [-0.25, -0.2) is 0 Å². The van der Waals surface area contributed by atoms with E-state index in [0.717, 1.165) is 28.6 Å². The van der Waals surface area contributed by atoms with Crippen molar-refractivity contribution in [2.45, 2.75) is 32.7 Å². The van der Waals surface area contributed by atoms with Crippen LogP contribution in [0, 0.1) is 6.92 Å². The molecule has 112 valence electrons. The smallest absolute Gasteiger partial charge is 0.147 e. The van der Waals surface area contributed by atoms with Crippen molar-refractivity contribution in [2.75, 3.05) is 0 Å². The first-order chi connectivity index (χ1) is 9.99. The predicted molar refractivity (Wildman–Crippen MR) is 92.4 cm³/mol. The van der Waals surface area contributed by atoms with Gasteiger partial charge in [0.1, 0.15) is 11.5 Å². The van der Waals surface area contributed by atoms with Crippen molar-refractivity contribution in [3.05, 3.63) is 57.0 Å². The van der Waals surface area contributed by atoms with E-state index in [1.165, 1.54) is 5.56 Å². The molecule has 0 bridgehead atoms. The predicted octanol–water partition coefficient (Wildman–Crippen LogP) is 5.48. The van der Waals surface area contributed by atoms with Gasteiger partial charge in [0.25, 0.3) is 0 Å². The van der Waals surface area contributed by atoms with E-state index in [9.17, 15) is 0 Å². The fraction of sp³-hybridized carbons (Fsp3) is 0.294. The monoisotopic (exact) mass is 367 g/mol. The molecule has 0 aliphatic rings. The second-order valence-corrected chi connectivity index (χ2v) is 6.47. The van der Waals surface area contributed by atoms with E-state index in [-0.39, 0.29) is 6.04 Å². The molecule has 0 saturated carbocycles. The molecule has 1 unspecified atom stereocenters. The molecule has 1 atom stereocenters. The Bertz CT molecular complexity index is 630. The van der Waals surface area contributed by atoms with Crippen LogP contribution >= 0.6 is 27.5 Å². The minimum absolute atomic E-state index is 0.204. The van der Waals surface area contributed by atoms with Gasteiger partial charge in [0.05, 0.1) is 5.02 Å². The van der Waals surface area contributed by atoms with Gasteiger partial charge < -0.3 is 10.5 Å². The van der Waals surface area contributed by atoms with Crippen LogP contribution in [0.3, 0.4) is 0 Å². The Balaban J connectivity index is 2.19. The van der Waals surface area contributed by atoms with Gasteiger partial charge >= 0.3 is 0 Å². The highest BCUT2D eigenvalue weighted by atomic mass is 79.9. The minimum Gasteiger partial charge on any atom is -0.455 e. The number of benzene rings is 2. The SMILES string of the molecule is CCC(N)Cc1ccc(Oc2cc(Br)ccc2Cl)c(C)c1. The molecule has 0 amide bonds. The van der Waals surface area contributed by atoms with Crippen LogP contribution in [0.4, 0.5) is 0 Å². The zero-order chi connectivity index (χ0) is 15.4. The summed E-state index contributed by atoms with van der Waals surface area (Å²) in [5.74, 6) is 1.45. The number of nitrogens with two attached hydrogens (primary N) is 1. The molecule has 2 rings (SSSR count). The topological polar surface area (TPSA) is 35.2 Å². The van der Waals surface area contributed by atoms with E-state index in [0.29, 0.717) is 10.8 Å². The molecule has 0 aliphatic heterocycles. The van der Waals surface area contributed by atoms with Crippen molar-refractivity contribution in [1.82, 2.24) is 0 Å². The fourth-order valence-corrected chi connectivity index (χ4v) is 2.57. The molecule has 21 heavy (non-hydrogen) atoms. The zero-order valence-electron chi connectivity index (χ0n) is 12.2. The van der Waals surface area contributed by atoms with E-state index < -0.39 is 0 Å². The number of hydrogen-bond acceptors (Lipinski definition) is 2. The maximum absolute atomic E-state index is 6.16. The molecule has 0 fully saturated rings. The maximum atomic E-state index is 6.16. The molecule has 0 heterocycles. The van der Waals surface area contributed by atoms with Crippen molar-refractivity contribution >= 4 is 27.5 Å². The van der Waals surface area contributed by atoms with Crippen LogP contribution in [0.15, 0.2) is 40.9 Å². The van der Waals surface area contributed by atoms with Crippen LogP contribution in [-0.2, 0) is 6.42 Å². The third-order valence-electron chi connectivity index (χ3n) is 3.37. The Kier molecular flexibility index (Phi) is 5.68. The Morgan fingerprint density at radius 1 is 1.19 bits per heavy atom. The van der Waals surface area contributed by atoms with Gasteiger partial charge in [0.15, 0.2) is 0 Å². The van der Waals surface area contributed by atoms with Gasteiger partial charge in [-0.1, -0.05) is 46.6 Å². The summed E-state index contributed by atoms with van der Waals surface area (Å²) in [6.45, 7) is 4.13. The first-order valence-corrected chi connectivity index (χ1v) is 8.14. The van der Waals surface area contributed by atoms with Crippen molar-refractivity contribution in [2.24, 2.45) is 5.73 Å². The molecular formula is C17H19BrClNO. The molecule has 0 aliphatic carbocycles. The van der Waals surface area contributed by atoms with Crippen LogP contribution < -0.4 is 10.5 Å². The Labute approximate surface area is 139 Å². The molecule has 0 radical (unpaired) electrons. The molecule has 0 spiro atoms. The van der Waals surface area contributed by atoms with Crippen LogP contribution in [0.5, 0.6) is 11.5 Å². The summed E-state index contributed by atoms with van der Waals surface area (Å²) in [6, 6.07) is 11.9. The standard InChI is InChI=1S/C17H19BrClNO/c1-3-14(20)9-12-4-7-16(11(2)8-12)21-17-10-13(18)5-6-15(17)19/h4-8,10,14H,3,9,20H2,1-2H3. The van der Waals surface area contributed by atoms with Crippen LogP contribution in [0.2, 0.25) is 5.02 Å². The van der Waals surface area contributed by atoms with Crippen LogP contribution in [0.1, 0.15) is 24.5 Å². The second kappa shape index (κ2) is 7.30. The average molecular weight is 369 g/mol. The lowest BCUT2D eigenvalue weighted by molar-refractivity contribution is 0.478. The maximum Gasteiger partial charge on any atom is 0.147 e. The summed E-state index contributed by atoms with van der Waals surface area (Å²) in [6.07, 6.45) is 1.86. The van der Waals surface area contributed by atoms with Gasteiger partial charge in [-0.3, -0.25) is 0 Å². The van der Waals surface area contributed by atoms with E-state index in [4.69, 9.17) is 22.1 Å². The Hall–Kier alpha value is -1.03. The van der Waals surface area contributed by atoms with Crippen LogP contribution in [-0.4, -0.2) is 6.04 Å². The lowest BCUT2D eigenvalue weighted by atomic mass is 10.0. The molecule has 2 aromatic carbocycles. The molecule has 4 heteroatoms. The third-order valence-corrected chi connectivity index (χ3v) is 4.18. The van der Waals surface area contributed by atoms with Crippen molar-refractivity contribution in [1.29, 1.82) is 0 Å². The fourth-order valence-electron chi connectivity index (χ4n) is 2.07. The molecule has 2 N–H and O–H groups in total. The summed E-state index contributed by atoms with van der Waals surface area (Å²) in [7, 11) is 0. The summed E-state index contributed by atoms with van der Waals surface area (Å²) >= 11 is 9.58. The Morgan fingerprint density at radius 2 is 1.95 bits per heavy atom. The lowest BCUT2D eigenvalue weighted by Crippen LogP contribution is -2.21. The van der Waals surface area contributed by atoms with Gasteiger partial charge in [0.2, 0.25) is 0 Å². The van der Waals surface area contributed by atoms with Gasteiger partial charge in [0, 0.05) is 10.5 Å². The molecule has 2 nitrogen and oxygen atoms in total. The molecule has 2 aromatic rings. The summed E-state index contributed by atoms with van der Waals surface area (Å²) in [5.41, 5.74) is 8.31. The lowest BCUT2D eigenvalue weighted by Gasteiger charge is -2.13. The van der Waals surface area contributed by atoms with E-state index in [1.54, 1.807) is 0 Å². The number of aryl methyl sites for hydroxylation is 1. The molecule has 0 aromatic heterocycles. The van der Waals surface area contributed by atoms with E-state index in [1.807, 2.05) is 31.2 Å². The van der Waals surface area contributed by atoms with E-state index in [2.05, 4.69) is 35.0 Å². The number of ether oxygens (including phenoxy) is 1. The van der Waals surface area contributed by atoms with Gasteiger partial charge in [-0.2, -0.15) is 0 Å². The minimum atomic E-state index is 0.204. The highest BCUT2D eigenvalue weighted by Crippen LogP contribution is 2.33. The summed E-state index contributed by atoms with van der Waals surface area (Å²) < 4.78 is 6.85. The third kappa shape index (κ3) is 4.47. The first-order valence-electron chi connectivity index (χ1n) is 6.97. The highest BCUT2D eigenvalue weighted by Gasteiger charge is 2.08. The van der Waals surface area contributed by atoms with Crippen molar-refractivity contribution < 1.29 is 4.74 Å². The van der Waals surface area contributed by atoms with Crippen LogP contribution in [0.25, 0.3) is 0 Å². The summed E-state index contributed by atoms with van der Waals surface area (Å²) in [5, 5.41) is 0.592. The first kappa shape index (κ1) is 16.3. The van der Waals surface area contributed by atoms with Gasteiger partial charge in [-0.15, -0.1) is 0 Å². The molecule has 0 saturated heterocycles. The zero-order valence-corrected chi connectivity index (χ0v) is 14.5. The largest absolute Gasteiger partial charge is 0.455 e. The quantitative estimate of drug-likeness (QED) is 0.758. The highest BCUT2D eigenvalue weighted by molar-refractivity contribution is 9.10. The molecular weight excluding hydrogens is 350 g/mol. The Morgan fingerprint density at radius 3 is 2.62 bits per heavy atom. The number of halogens is 2. The van der Waals surface area contributed by atoms with Crippen molar-refractivity contribution in [3.63, 3.8) is 0 Å². The average Bonchev–Trinajstić information content (AvgIpc) is 2.45. The van der Waals surface area contributed by atoms with E-state index >= 15 is 0 Å². The second-order valence-electron chi connectivity index (χ2n) is 5.15. The number of rotatable bonds is 5.